The summed E-state index contributed by atoms with van der Waals surface area (Å²) >= 11 is 0. The predicted octanol–water partition coefficient (Wildman–Crippen LogP) is 1.01. The predicted molar refractivity (Wildman–Crippen MR) is 81.5 cm³/mol. The van der Waals surface area contributed by atoms with Gasteiger partial charge in [0.1, 0.15) is 12.4 Å². The molecule has 1 aromatic rings. The van der Waals surface area contributed by atoms with Crippen molar-refractivity contribution < 1.29 is 14.7 Å². The first-order valence-electron chi connectivity index (χ1n) is 7.52. The Hall–Kier alpha value is -2.18. The molecule has 1 aromatic heterocycles. The molecule has 0 unspecified atom stereocenters. The Bertz CT molecular complexity index is 513. The van der Waals surface area contributed by atoms with Crippen LogP contribution in [0.5, 0.6) is 0 Å². The fourth-order valence-corrected chi connectivity index (χ4v) is 2.71. The van der Waals surface area contributed by atoms with Crippen LogP contribution >= 0.6 is 0 Å². The molecule has 7 nitrogen and oxygen atoms in total. The Balaban J connectivity index is 1.95. The third-order valence-electron chi connectivity index (χ3n) is 3.93. The van der Waals surface area contributed by atoms with Crippen molar-refractivity contribution in [3.63, 3.8) is 0 Å². The van der Waals surface area contributed by atoms with Crippen LogP contribution < -0.4 is 4.90 Å². The van der Waals surface area contributed by atoms with E-state index in [-0.39, 0.29) is 24.4 Å². The van der Waals surface area contributed by atoms with Crippen molar-refractivity contribution in [2.24, 2.45) is 5.92 Å². The van der Waals surface area contributed by atoms with E-state index in [0.717, 1.165) is 18.9 Å². The molecule has 7 heteroatoms. The summed E-state index contributed by atoms with van der Waals surface area (Å²) in [6.07, 6.45) is 6.41. The molecule has 1 saturated heterocycles. The number of carboxylic acid groups (broad SMARTS) is 1. The molecule has 0 saturated carbocycles. The maximum Gasteiger partial charge on any atom is 0.323 e. The minimum Gasteiger partial charge on any atom is -0.480 e. The van der Waals surface area contributed by atoms with Crippen molar-refractivity contribution in [1.29, 1.82) is 0 Å². The van der Waals surface area contributed by atoms with Gasteiger partial charge in [0, 0.05) is 37.4 Å². The summed E-state index contributed by atoms with van der Waals surface area (Å²) in [5.41, 5.74) is 0. The second kappa shape index (κ2) is 7.20. The zero-order valence-corrected chi connectivity index (χ0v) is 13.0. The van der Waals surface area contributed by atoms with Gasteiger partial charge in [-0.2, -0.15) is 0 Å². The molecular formula is C15H22N4O3. The number of aromatic nitrogens is 2. The molecule has 0 bridgehead atoms. The molecule has 120 valence electrons. The van der Waals surface area contributed by atoms with Gasteiger partial charge in [-0.15, -0.1) is 0 Å². The zero-order chi connectivity index (χ0) is 16.1. The number of nitrogens with zero attached hydrogens (tertiary/aromatic N) is 4. The van der Waals surface area contributed by atoms with Crippen LogP contribution in [0.3, 0.4) is 0 Å². The summed E-state index contributed by atoms with van der Waals surface area (Å²) in [6.45, 7) is 4.91. The van der Waals surface area contributed by atoms with Crippen LogP contribution in [0, 0.1) is 5.92 Å². The van der Waals surface area contributed by atoms with E-state index in [9.17, 15) is 9.59 Å². The molecule has 0 radical (unpaired) electrons. The van der Waals surface area contributed by atoms with Crippen LogP contribution in [0.25, 0.3) is 0 Å². The van der Waals surface area contributed by atoms with Crippen LogP contribution in [0.15, 0.2) is 18.6 Å². The van der Waals surface area contributed by atoms with Gasteiger partial charge < -0.3 is 14.9 Å². The van der Waals surface area contributed by atoms with Crippen molar-refractivity contribution in [2.75, 3.05) is 24.5 Å². The van der Waals surface area contributed by atoms with E-state index in [0.29, 0.717) is 12.8 Å². The third kappa shape index (κ3) is 3.93. The Kier molecular flexibility index (Phi) is 5.30. The highest BCUT2D eigenvalue weighted by atomic mass is 16.4. The topological polar surface area (TPSA) is 86.6 Å². The SMILES string of the molecule is CC(C)N(CC(=O)O)C(=O)C1CCN(c2cnccn2)CC1. The number of amides is 1. The number of carbonyl (C=O) groups is 2. The lowest BCUT2D eigenvalue weighted by Gasteiger charge is -2.35. The fourth-order valence-electron chi connectivity index (χ4n) is 2.71. The Morgan fingerprint density at radius 3 is 2.55 bits per heavy atom. The van der Waals surface area contributed by atoms with Crippen molar-refractivity contribution >= 4 is 17.7 Å². The van der Waals surface area contributed by atoms with E-state index in [4.69, 9.17) is 5.11 Å². The molecule has 1 N–H and O–H groups in total. The summed E-state index contributed by atoms with van der Waals surface area (Å²) in [6, 6.07) is -0.110. The highest BCUT2D eigenvalue weighted by molar-refractivity contribution is 5.83. The second-order valence-corrected chi connectivity index (χ2v) is 5.78. The quantitative estimate of drug-likeness (QED) is 0.874. The van der Waals surface area contributed by atoms with E-state index >= 15 is 0 Å². The van der Waals surface area contributed by atoms with Gasteiger partial charge >= 0.3 is 5.97 Å². The Morgan fingerprint density at radius 1 is 1.36 bits per heavy atom. The summed E-state index contributed by atoms with van der Waals surface area (Å²) in [5.74, 6) is -0.329. The van der Waals surface area contributed by atoms with Gasteiger partial charge in [-0.05, 0) is 26.7 Å². The van der Waals surface area contributed by atoms with Gasteiger partial charge in [-0.3, -0.25) is 14.6 Å². The number of carboxylic acids is 1. The first-order valence-corrected chi connectivity index (χ1v) is 7.52. The lowest BCUT2D eigenvalue weighted by atomic mass is 9.94. The number of hydrogen-bond acceptors (Lipinski definition) is 5. The Morgan fingerprint density at radius 2 is 2.05 bits per heavy atom. The van der Waals surface area contributed by atoms with Gasteiger partial charge in [0.25, 0.3) is 0 Å². The summed E-state index contributed by atoms with van der Waals surface area (Å²) in [4.78, 5) is 35.3. The van der Waals surface area contributed by atoms with Crippen LogP contribution in [0.1, 0.15) is 26.7 Å². The molecule has 1 aliphatic heterocycles. The van der Waals surface area contributed by atoms with E-state index in [1.807, 2.05) is 13.8 Å². The molecule has 0 aromatic carbocycles. The second-order valence-electron chi connectivity index (χ2n) is 5.78. The molecule has 22 heavy (non-hydrogen) atoms. The van der Waals surface area contributed by atoms with E-state index in [1.165, 1.54) is 4.90 Å². The molecule has 1 fully saturated rings. The molecule has 0 aliphatic carbocycles. The monoisotopic (exact) mass is 306 g/mol. The fraction of sp³-hybridized carbons (Fsp3) is 0.600. The number of hydrogen-bond donors (Lipinski definition) is 1. The van der Waals surface area contributed by atoms with Crippen molar-refractivity contribution in [3.8, 4) is 0 Å². The van der Waals surface area contributed by atoms with E-state index < -0.39 is 5.97 Å². The highest BCUT2D eigenvalue weighted by Crippen LogP contribution is 2.23. The first kappa shape index (κ1) is 16.2. The molecule has 0 atom stereocenters. The molecule has 1 amide bonds. The van der Waals surface area contributed by atoms with Gasteiger partial charge in [-0.25, -0.2) is 4.98 Å². The van der Waals surface area contributed by atoms with Crippen LogP contribution in [-0.4, -0.2) is 57.5 Å². The van der Waals surface area contributed by atoms with E-state index in [1.54, 1.807) is 18.6 Å². The van der Waals surface area contributed by atoms with Crippen LogP contribution in [0.4, 0.5) is 5.82 Å². The number of carbonyl (C=O) groups excluding carboxylic acids is 1. The minimum absolute atomic E-state index is 0.0591. The summed E-state index contributed by atoms with van der Waals surface area (Å²) < 4.78 is 0. The summed E-state index contributed by atoms with van der Waals surface area (Å²) in [7, 11) is 0. The zero-order valence-electron chi connectivity index (χ0n) is 13.0. The number of anilines is 1. The lowest BCUT2D eigenvalue weighted by Crippen LogP contribution is -2.47. The average Bonchev–Trinajstić information content (AvgIpc) is 2.52. The smallest absolute Gasteiger partial charge is 0.323 e. The maximum atomic E-state index is 12.5. The van der Waals surface area contributed by atoms with Gasteiger partial charge in [0.15, 0.2) is 0 Å². The molecule has 0 spiro atoms. The van der Waals surface area contributed by atoms with Gasteiger partial charge in [-0.1, -0.05) is 0 Å². The van der Waals surface area contributed by atoms with E-state index in [2.05, 4.69) is 14.9 Å². The third-order valence-corrected chi connectivity index (χ3v) is 3.93. The average molecular weight is 306 g/mol. The van der Waals surface area contributed by atoms with Crippen LogP contribution in [-0.2, 0) is 9.59 Å². The normalized spacial score (nSPS) is 15.9. The minimum atomic E-state index is -0.973. The van der Waals surface area contributed by atoms with Gasteiger partial charge in [0.2, 0.25) is 5.91 Å². The molecular weight excluding hydrogens is 284 g/mol. The van der Waals surface area contributed by atoms with Crippen LogP contribution in [0.2, 0.25) is 0 Å². The van der Waals surface area contributed by atoms with Gasteiger partial charge in [0.05, 0.1) is 6.20 Å². The number of piperidine rings is 1. The number of rotatable bonds is 5. The highest BCUT2D eigenvalue weighted by Gasteiger charge is 2.31. The lowest BCUT2D eigenvalue weighted by molar-refractivity contribution is -0.148. The molecule has 2 rings (SSSR count). The Labute approximate surface area is 130 Å². The standard InChI is InChI=1S/C15H22N4O3/c1-11(2)19(10-14(20)21)15(22)12-3-7-18(8-4-12)13-9-16-5-6-17-13/h5-6,9,11-12H,3-4,7-8,10H2,1-2H3,(H,20,21). The molecule has 1 aliphatic rings. The van der Waals surface area contributed by atoms with Crippen molar-refractivity contribution in [3.05, 3.63) is 18.6 Å². The van der Waals surface area contributed by atoms with Crippen molar-refractivity contribution in [1.82, 2.24) is 14.9 Å². The first-order chi connectivity index (χ1) is 10.5. The number of aliphatic carboxylic acids is 1. The maximum absolute atomic E-state index is 12.5. The molecule has 2 heterocycles. The van der Waals surface area contributed by atoms with Crippen molar-refractivity contribution in [2.45, 2.75) is 32.7 Å². The summed E-state index contributed by atoms with van der Waals surface area (Å²) in [5, 5.41) is 8.95. The largest absolute Gasteiger partial charge is 0.480 e.